The lowest BCUT2D eigenvalue weighted by molar-refractivity contribution is -0.136. The fraction of sp³-hybridized carbons (Fsp3) is 0.643. The smallest absolute Gasteiger partial charge is 0.308 e. The highest BCUT2D eigenvalue weighted by molar-refractivity contribution is 7.10. The fourth-order valence-corrected chi connectivity index (χ4v) is 3.40. The summed E-state index contributed by atoms with van der Waals surface area (Å²) in [5.74, 6) is -0.772. The second-order valence-electron chi connectivity index (χ2n) is 6.35. The number of rotatable bonds is 6. The molecule has 0 saturated heterocycles. The van der Waals surface area contributed by atoms with Gasteiger partial charge < -0.3 is 9.53 Å². The van der Waals surface area contributed by atoms with Gasteiger partial charge in [-0.05, 0) is 41.6 Å². The van der Waals surface area contributed by atoms with Crippen molar-refractivity contribution in [2.45, 2.75) is 51.7 Å². The van der Waals surface area contributed by atoms with Gasteiger partial charge in [0.15, 0.2) is 8.32 Å². The molecule has 0 fully saturated rings. The average molecular weight is 300 g/mol. The minimum absolute atomic E-state index is 0.119. The van der Waals surface area contributed by atoms with E-state index in [2.05, 4.69) is 33.9 Å². The maximum absolute atomic E-state index is 10.6. The zero-order valence-electron chi connectivity index (χ0n) is 12.4. The predicted octanol–water partition coefficient (Wildman–Crippen LogP) is 3.94. The standard InChI is InChI=1S/C14H24O3SSi/c1-14(2,3)19(4,5)17-7-6-11-8-12(18-10-11)9-13(15)16/h8,10H,6-7,9H2,1-5H3,(H,15,16). The van der Waals surface area contributed by atoms with E-state index in [1.807, 2.05) is 11.4 Å². The summed E-state index contributed by atoms with van der Waals surface area (Å²) >= 11 is 1.52. The highest BCUT2D eigenvalue weighted by Gasteiger charge is 2.36. The summed E-state index contributed by atoms with van der Waals surface area (Å²) in [5, 5.41) is 11.0. The molecule has 0 aliphatic rings. The van der Waals surface area contributed by atoms with E-state index < -0.39 is 14.3 Å². The molecule has 0 unspecified atom stereocenters. The van der Waals surface area contributed by atoms with Gasteiger partial charge in [-0.15, -0.1) is 11.3 Å². The van der Waals surface area contributed by atoms with Crippen LogP contribution in [0.5, 0.6) is 0 Å². The van der Waals surface area contributed by atoms with Crippen LogP contribution in [0, 0.1) is 0 Å². The van der Waals surface area contributed by atoms with Crippen molar-refractivity contribution in [3.05, 3.63) is 21.9 Å². The molecule has 5 heteroatoms. The van der Waals surface area contributed by atoms with Crippen LogP contribution < -0.4 is 0 Å². The Hall–Kier alpha value is -0.653. The van der Waals surface area contributed by atoms with E-state index in [1.54, 1.807) is 0 Å². The number of hydrogen-bond donors (Lipinski definition) is 1. The molecule has 1 rings (SSSR count). The quantitative estimate of drug-likeness (QED) is 0.809. The first-order chi connectivity index (χ1) is 8.62. The Kier molecular flexibility index (Phi) is 5.35. The second-order valence-corrected chi connectivity index (χ2v) is 12.2. The highest BCUT2D eigenvalue weighted by Crippen LogP contribution is 2.36. The van der Waals surface area contributed by atoms with Gasteiger partial charge in [0, 0.05) is 11.5 Å². The van der Waals surface area contributed by atoms with Crippen molar-refractivity contribution in [2.24, 2.45) is 0 Å². The molecule has 0 amide bonds. The third-order valence-corrected chi connectivity index (χ3v) is 9.22. The summed E-state index contributed by atoms with van der Waals surface area (Å²) in [5.41, 5.74) is 1.18. The largest absolute Gasteiger partial charge is 0.481 e. The normalized spacial score (nSPS) is 12.7. The van der Waals surface area contributed by atoms with Crippen LogP contribution in [0.3, 0.4) is 0 Å². The fourth-order valence-electron chi connectivity index (χ4n) is 1.44. The molecule has 1 heterocycles. The van der Waals surface area contributed by atoms with Crippen LogP contribution in [-0.4, -0.2) is 26.0 Å². The molecular formula is C14H24O3SSi. The molecule has 108 valence electrons. The lowest BCUT2D eigenvalue weighted by atomic mass is 10.2. The number of aliphatic carboxylic acids is 1. The van der Waals surface area contributed by atoms with E-state index in [9.17, 15) is 4.79 Å². The Morgan fingerprint density at radius 1 is 1.42 bits per heavy atom. The van der Waals surface area contributed by atoms with Crippen molar-refractivity contribution in [1.82, 2.24) is 0 Å². The van der Waals surface area contributed by atoms with Gasteiger partial charge in [0.05, 0.1) is 6.42 Å². The van der Waals surface area contributed by atoms with Crippen molar-refractivity contribution < 1.29 is 14.3 Å². The molecule has 0 bridgehead atoms. The predicted molar refractivity (Wildman–Crippen MR) is 82.5 cm³/mol. The zero-order valence-corrected chi connectivity index (χ0v) is 14.3. The van der Waals surface area contributed by atoms with Crippen molar-refractivity contribution >= 4 is 25.6 Å². The van der Waals surface area contributed by atoms with Gasteiger partial charge in [0.1, 0.15) is 0 Å². The Morgan fingerprint density at radius 2 is 2.05 bits per heavy atom. The first kappa shape index (κ1) is 16.4. The number of carboxylic acid groups (broad SMARTS) is 1. The summed E-state index contributed by atoms with van der Waals surface area (Å²) in [7, 11) is -1.67. The van der Waals surface area contributed by atoms with E-state index in [0.29, 0.717) is 0 Å². The SMILES string of the molecule is CC(C)(C)[Si](C)(C)OCCc1csc(CC(=O)O)c1. The maximum atomic E-state index is 10.6. The van der Waals surface area contributed by atoms with Crippen molar-refractivity contribution in [3.8, 4) is 0 Å². The molecule has 19 heavy (non-hydrogen) atoms. The molecule has 0 aliphatic carbocycles. The van der Waals surface area contributed by atoms with E-state index >= 15 is 0 Å². The molecule has 0 radical (unpaired) electrons. The molecule has 1 N–H and O–H groups in total. The Balaban J connectivity index is 2.45. The molecule has 0 spiro atoms. The first-order valence-electron chi connectivity index (χ1n) is 6.54. The molecule has 3 nitrogen and oxygen atoms in total. The molecular weight excluding hydrogens is 276 g/mol. The zero-order chi connectivity index (χ0) is 14.7. The Morgan fingerprint density at radius 3 is 2.58 bits per heavy atom. The van der Waals surface area contributed by atoms with Crippen LogP contribution in [0.25, 0.3) is 0 Å². The molecule has 0 aliphatic heterocycles. The van der Waals surface area contributed by atoms with E-state index in [-0.39, 0.29) is 11.5 Å². The topological polar surface area (TPSA) is 46.5 Å². The Labute approximate surface area is 120 Å². The molecule has 1 aromatic rings. The highest BCUT2D eigenvalue weighted by atomic mass is 32.1. The van der Waals surface area contributed by atoms with Crippen molar-refractivity contribution in [1.29, 1.82) is 0 Å². The van der Waals surface area contributed by atoms with Crippen LogP contribution in [-0.2, 0) is 22.1 Å². The monoisotopic (exact) mass is 300 g/mol. The number of carboxylic acids is 1. The van der Waals surface area contributed by atoms with E-state index in [0.717, 1.165) is 17.9 Å². The second kappa shape index (κ2) is 6.20. The number of hydrogen-bond acceptors (Lipinski definition) is 3. The molecule has 1 aromatic heterocycles. The van der Waals surface area contributed by atoms with Crippen LogP contribution in [0.1, 0.15) is 31.2 Å². The minimum atomic E-state index is -1.67. The molecule has 0 atom stereocenters. The summed E-state index contributed by atoms with van der Waals surface area (Å²) < 4.78 is 6.12. The average Bonchev–Trinajstić information content (AvgIpc) is 2.62. The first-order valence-corrected chi connectivity index (χ1v) is 10.3. The molecule has 0 aromatic carbocycles. The van der Waals surface area contributed by atoms with Gasteiger partial charge in [0.25, 0.3) is 0 Å². The van der Waals surface area contributed by atoms with Crippen LogP contribution in [0.4, 0.5) is 0 Å². The van der Waals surface area contributed by atoms with Crippen LogP contribution in [0.15, 0.2) is 11.4 Å². The third kappa shape index (κ3) is 5.08. The van der Waals surface area contributed by atoms with E-state index in [1.165, 1.54) is 16.9 Å². The summed E-state index contributed by atoms with van der Waals surface area (Å²) in [6.07, 6.45) is 0.983. The van der Waals surface area contributed by atoms with Gasteiger partial charge in [-0.1, -0.05) is 20.8 Å². The minimum Gasteiger partial charge on any atom is -0.481 e. The van der Waals surface area contributed by atoms with Gasteiger partial charge in [-0.3, -0.25) is 4.79 Å². The van der Waals surface area contributed by atoms with E-state index in [4.69, 9.17) is 9.53 Å². The Bertz CT molecular complexity index is 432. The van der Waals surface area contributed by atoms with Gasteiger partial charge in [-0.2, -0.15) is 0 Å². The lowest BCUT2D eigenvalue weighted by Gasteiger charge is -2.36. The third-order valence-electron chi connectivity index (χ3n) is 3.69. The van der Waals surface area contributed by atoms with Gasteiger partial charge in [-0.25, -0.2) is 0 Å². The molecule has 0 saturated carbocycles. The summed E-state index contributed by atoms with van der Waals surface area (Å²) in [6.45, 7) is 11.9. The summed E-state index contributed by atoms with van der Waals surface area (Å²) in [4.78, 5) is 11.5. The summed E-state index contributed by atoms with van der Waals surface area (Å²) in [6, 6.07) is 1.98. The van der Waals surface area contributed by atoms with Gasteiger partial charge >= 0.3 is 5.97 Å². The van der Waals surface area contributed by atoms with Crippen LogP contribution >= 0.6 is 11.3 Å². The van der Waals surface area contributed by atoms with Gasteiger partial charge in [0.2, 0.25) is 0 Å². The number of carbonyl (C=O) groups is 1. The van der Waals surface area contributed by atoms with Crippen molar-refractivity contribution in [3.63, 3.8) is 0 Å². The lowest BCUT2D eigenvalue weighted by Crippen LogP contribution is -2.41. The van der Waals surface area contributed by atoms with Crippen LogP contribution in [0.2, 0.25) is 18.1 Å². The van der Waals surface area contributed by atoms with Crippen molar-refractivity contribution in [2.75, 3.05) is 6.61 Å². The number of thiophene rings is 1. The maximum Gasteiger partial charge on any atom is 0.308 e.